The second-order valence-electron chi connectivity index (χ2n) is 13.7. The van der Waals surface area contributed by atoms with Gasteiger partial charge in [-0.25, -0.2) is 9.59 Å². The highest BCUT2D eigenvalue weighted by Gasteiger charge is 2.52. The number of piperazine rings is 1. The van der Waals surface area contributed by atoms with Gasteiger partial charge in [0.2, 0.25) is 11.8 Å². The van der Waals surface area contributed by atoms with E-state index in [9.17, 15) is 19.2 Å². The molecule has 0 saturated carbocycles. The van der Waals surface area contributed by atoms with Gasteiger partial charge in [0.25, 0.3) is 0 Å². The Labute approximate surface area is 325 Å². The number of nitrogens with zero attached hydrogens (tertiary/aromatic N) is 4. The van der Waals surface area contributed by atoms with Crippen LogP contribution in [0.2, 0.25) is 0 Å². The number of carbonyl (C=O) groups excluding carboxylic acids is 4. The van der Waals surface area contributed by atoms with Crippen LogP contribution < -0.4 is 15.4 Å². The number of amides is 5. The lowest BCUT2D eigenvalue weighted by Crippen LogP contribution is -2.66. The predicted octanol–water partition coefficient (Wildman–Crippen LogP) is 6.33. The molecule has 12 heteroatoms. The van der Waals surface area contributed by atoms with Crippen LogP contribution >= 0.6 is 0 Å². The van der Waals surface area contributed by atoms with Crippen molar-refractivity contribution in [3.63, 3.8) is 0 Å². The van der Waals surface area contributed by atoms with Gasteiger partial charge in [-0.05, 0) is 57.3 Å². The number of urea groups is 1. The number of hydrogen-bond donors (Lipinski definition) is 2. The maximum Gasteiger partial charge on any atom is 0.411 e. The van der Waals surface area contributed by atoms with Crippen molar-refractivity contribution in [2.75, 3.05) is 32.1 Å². The Morgan fingerprint density at radius 3 is 2.32 bits per heavy atom. The molecule has 0 aromatic heterocycles. The summed E-state index contributed by atoms with van der Waals surface area (Å²) in [5.41, 5.74) is 4.06. The first-order valence-corrected chi connectivity index (χ1v) is 18.5. The van der Waals surface area contributed by atoms with Crippen LogP contribution in [0.25, 0.3) is 10.8 Å². The molecule has 2 fully saturated rings. The summed E-state index contributed by atoms with van der Waals surface area (Å²) in [6.07, 6.45) is 0.639. The number of fused-ring (bicyclic) bond motifs is 2. The zero-order chi connectivity index (χ0) is 39.0. The molecule has 0 radical (unpaired) electrons. The molecule has 2 heterocycles. The highest BCUT2D eigenvalue weighted by Crippen LogP contribution is 2.31. The second kappa shape index (κ2) is 17.2. The van der Waals surface area contributed by atoms with E-state index in [4.69, 9.17) is 9.47 Å². The van der Waals surface area contributed by atoms with E-state index in [0.717, 1.165) is 33.0 Å². The van der Waals surface area contributed by atoms with Crippen molar-refractivity contribution in [3.05, 3.63) is 156 Å². The summed E-state index contributed by atoms with van der Waals surface area (Å²) in [6.45, 7) is 4.86. The molecule has 2 aliphatic heterocycles. The Hall–Kier alpha value is -6.66. The highest BCUT2D eigenvalue weighted by atomic mass is 16.5. The first kappa shape index (κ1) is 37.6. The zero-order valence-corrected chi connectivity index (χ0v) is 31.2. The summed E-state index contributed by atoms with van der Waals surface area (Å²) >= 11 is 0. The zero-order valence-electron chi connectivity index (χ0n) is 31.2. The molecule has 2 atom stereocenters. The van der Waals surface area contributed by atoms with Gasteiger partial charge in [0.15, 0.2) is 0 Å². The molecule has 12 nitrogen and oxygen atoms in total. The van der Waals surface area contributed by atoms with Crippen molar-refractivity contribution in [3.8, 4) is 5.75 Å². The molecule has 56 heavy (non-hydrogen) atoms. The van der Waals surface area contributed by atoms with E-state index < -0.39 is 24.3 Å². The van der Waals surface area contributed by atoms with Gasteiger partial charge in [-0.3, -0.25) is 19.9 Å². The summed E-state index contributed by atoms with van der Waals surface area (Å²) in [4.78, 5) is 58.2. The predicted molar refractivity (Wildman–Crippen MR) is 213 cm³/mol. The van der Waals surface area contributed by atoms with Crippen LogP contribution in [0.3, 0.4) is 0 Å². The highest BCUT2D eigenvalue weighted by molar-refractivity contribution is 5.92. The van der Waals surface area contributed by atoms with Crippen molar-refractivity contribution in [2.45, 2.75) is 38.3 Å². The van der Waals surface area contributed by atoms with Gasteiger partial charge < -0.3 is 24.6 Å². The van der Waals surface area contributed by atoms with Crippen LogP contribution in [-0.2, 0) is 40.4 Å². The lowest BCUT2D eigenvalue weighted by atomic mass is 9.98. The molecule has 2 N–H and O–H groups in total. The molecule has 7 rings (SSSR count). The van der Waals surface area contributed by atoms with Crippen molar-refractivity contribution >= 4 is 40.4 Å². The molecule has 5 aromatic carbocycles. The van der Waals surface area contributed by atoms with Gasteiger partial charge in [0, 0.05) is 25.2 Å². The van der Waals surface area contributed by atoms with E-state index in [0.29, 0.717) is 18.0 Å². The maximum absolute atomic E-state index is 14.5. The first-order valence-electron chi connectivity index (χ1n) is 18.5. The lowest BCUT2D eigenvalue weighted by molar-refractivity contribution is -0.157. The number of ether oxygens (including phenoxy) is 2. The summed E-state index contributed by atoms with van der Waals surface area (Å²) in [7, 11) is 1.60. The number of nitrogens with one attached hydrogen (secondary N) is 2. The second-order valence-corrected chi connectivity index (χ2v) is 13.7. The number of carbonyl (C=O) groups is 4. The average molecular weight is 753 g/mol. The minimum Gasteiger partial charge on any atom is -0.497 e. The first-order chi connectivity index (χ1) is 27.3. The van der Waals surface area contributed by atoms with Gasteiger partial charge in [-0.1, -0.05) is 103 Å². The third kappa shape index (κ3) is 8.50. The summed E-state index contributed by atoms with van der Waals surface area (Å²) in [5.74, 6) is 0.273. The van der Waals surface area contributed by atoms with Crippen LogP contribution in [0, 0.1) is 0 Å². The summed E-state index contributed by atoms with van der Waals surface area (Å²) in [5, 5.41) is 11.1. The lowest BCUT2D eigenvalue weighted by Gasteiger charge is -2.46. The van der Waals surface area contributed by atoms with Gasteiger partial charge in [-0.15, -0.1) is 6.58 Å². The third-order valence-corrected chi connectivity index (χ3v) is 10.1. The van der Waals surface area contributed by atoms with Crippen LogP contribution in [0.4, 0.5) is 15.3 Å². The molecule has 5 amide bonds. The quantitative estimate of drug-likeness (QED) is 0.135. The van der Waals surface area contributed by atoms with E-state index in [1.54, 1.807) is 40.1 Å². The van der Waals surface area contributed by atoms with Gasteiger partial charge >= 0.3 is 12.1 Å². The SMILES string of the molecule is C=CCN(C(=O)NCc1ccc(OC)cc1)N1CC(=O)N2[C@@H](Cc3ccc(NC(=O)OCc4ccccc4)cc3)C(=O)N(Cc3cccc4ccccc34)C[C@@H]21. The topological polar surface area (TPSA) is 124 Å². The van der Waals surface area contributed by atoms with Crippen LogP contribution in [0.1, 0.15) is 22.3 Å². The van der Waals surface area contributed by atoms with E-state index >= 15 is 0 Å². The number of hydrazine groups is 1. The van der Waals surface area contributed by atoms with E-state index in [1.807, 2.05) is 109 Å². The molecule has 5 aromatic rings. The standard InChI is InChI=1S/C44H44N6O6/c1-3-24-48(43(53)45-26-32-18-22-37(55-2)23-19-32)49-29-41(51)50-39(25-31-16-20-36(21-17-31)46-44(54)56-30-33-10-5-4-6-11-33)42(52)47(28-40(49)50)27-35-14-9-13-34-12-7-8-15-38(34)35/h3-23,39-40H,1,24-30H2,2H3,(H,45,53)(H,46,54)/t39-,40+/m0/s1. The third-order valence-electron chi connectivity index (χ3n) is 10.1. The molecule has 0 aliphatic carbocycles. The minimum atomic E-state index is -0.844. The van der Waals surface area contributed by atoms with E-state index in [1.165, 1.54) is 5.01 Å². The molecule has 2 saturated heterocycles. The van der Waals surface area contributed by atoms with E-state index in [-0.39, 0.29) is 51.0 Å². The minimum absolute atomic E-state index is 0.0890. The Morgan fingerprint density at radius 1 is 0.857 bits per heavy atom. The fraction of sp³-hybridized carbons (Fsp3) is 0.227. The number of benzene rings is 5. The molecular formula is C44H44N6O6. The summed E-state index contributed by atoms with van der Waals surface area (Å²) < 4.78 is 10.6. The van der Waals surface area contributed by atoms with Crippen molar-refractivity contribution in [1.82, 2.24) is 25.1 Å². The van der Waals surface area contributed by atoms with Gasteiger partial charge in [0.1, 0.15) is 24.6 Å². The number of anilines is 1. The van der Waals surface area contributed by atoms with Crippen LogP contribution in [0.15, 0.2) is 134 Å². The van der Waals surface area contributed by atoms with Crippen molar-refractivity contribution < 1.29 is 28.7 Å². The monoisotopic (exact) mass is 752 g/mol. The van der Waals surface area contributed by atoms with Crippen LogP contribution in [0.5, 0.6) is 5.75 Å². The maximum atomic E-state index is 14.5. The Morgan fingerprint density at radius 2 is 1.57 bits per heavy atom. The number of hydrogen-bond acceptors (Lipinski definition) is 7. The Bertz CT molecular complexity index is 2190. The number of rotatable bonds is 13. The molecule has 0 bridgehead atoms. The largest absolute Gasteiger partial charge is 0.497 e. The molecule has 0 spiro atoms. The Kier molecular flexibility index (Phi) is 11.6. The average Bonchev–Trinajstić information content (AvgIpc) is 3.55. The van der Waals surface area contributed by atoms with Crippen molar-refractivity contribution in [1.29, 1.82) is 0 Å². The molecule has 2 aliphatic rings. The normalized spacial score (nSPS) is 16.7. The number of methoxy groups -OCH3 is 1. The fourth-order valence-electron chi connectivity index (χ4n) is 7.29. The van der Waals surface area contributed by atoms with Gasteiger partial charge in [0.05, 0.1) is 26.7 Å². The molecule has 286 valence electrons. The van der Waals surface area contributed by atoms with Gasteiger partial charge in [-0.2, -0.15) is 5.01 Å². The van der Waals surface area contributed by atoms with Crippen molar-refractivity contribution in [2.24, 2.45) is 0 Å². The fourth-order valence-corrected chi connectivity index (χ4v) is 7.29. The summed E-state index contributed by atoms with van der Waals surface area (Å²) in [6, 6.07) is 36.8. The smallest absolute Gasteiger partial charge is 0.411 e. The molecule has 0 unspecified atom stereocenters. The Balaban J connectivity index is 1.12. The van der Waals surface area contributed by atoms with E-state index in [2.05, 4.69) is 17.2 Å². The van der Waals surface area contributed by atoms with Crippen LogP contribution in [-0.4, -0.2) is 82.7 Å². The molecular weight excluding hydrogens is 709 g/mol.